The number of hydrogen-bond acceptors (Lipinski definition) is 4. The summed E-state index contributed by atoms with van der Waals surface area (Å²) in [7, 11) is 0. The maximum atomic E-state index is 8.70. The van der Waals surface area contributed by atoms with E-state index in [1.54, 1.807) is 0 Å². The molecule has 2 atom stereocenters. The minimum Gasteiger partial charge on any atom is -0.409 e. The lowest BCUT2D eigenvalue weighted by atomic mass is 10.1. The standard InChI is InChI=1S/C9H21N3O2/c1-3-8(9(10)12-14)11-6-7(2)4-5-13/h7-8,11,13-14H,3-6H2,1-2H3,(H2,10,12). The maximum Gasteiger partial charge on any atom is 0.156 e. The minimum atomic E-state index is -0.0823. The number of nitrogens with zero attached hydrogens (tertiary/aromatic N) is 1. The van der Waals surface area contributed by atoms with E-state index in [2.05, 4.69) is 10.5 Å². The van der Waals surface area contributed by atoms with Crippen LogP contribution in [0, 0.1) is 5.92 Å². The Morgan fingerprint density at radius 1 is 1.57 bits per heavy atom. The molecule has 84 valence electrons. The van der Waals surface area contributed by atoms with Crippen molar-refractivity contribution in [2.75, 3.05) is 13.2 Å². The zero-order valence-corrected chi connectivity index (χ0v) is 8.90. The Morgan fingerprint density at radius 3 is 2.64 bits per heavy atom. The smallest absolute Gasteiger partial charge is 0.156 e. The minimum absolute atomic E-state index is 0.0823. The predicted octanol–water partition coefficient (Wildman–Crippen LogP) is 0.120. The molecule has 5 N–H and O–H groups in total. The number of rotatable bonds is 7. The van der Waals surface area contributed by atoms with Gasteiger partial charge in [0.1, 0.15) is 0 Å². The Hall–Kier alpha value is -0.810. The van der Waals surface area contributed by atoms with Crippen LogP contribution in [0.15, 0.2) is 5.16 Å². The SMILES string of the molecule is CCC(NCC(C)CCO)C(N)=NO. The average Bonchev–Trinajstić information content (AvgIpc) is 2.18. The fourth-order valence-electron chi connectivity index (χ4n) is 1.19. The molecule has 0 radical (unpaired) electrons. The van der Waals surface area contributed by atoms with Crippen molar-refractivity contribution in [2.24, 2.45) is 16.8 Å². The van der Waals surface area contributed by atoms with Gasteiger partial charge in [-0.05, 0) is 25.3 Å². The van der Waals surface area contributed by atoms with Gasteiger partial charge in [-0.3, -0.25) is 0 Å². The molecular formula is C9H21N3O2. The molecule has 5 heteroatoms. The van der Waals surface area contributed by atoms with Crippen molar-refractivity contribution in [3.8, 4) is 0 Å². The summed E-state index contributed by atoms with van der Waals surface area (Å²) >= 11 is 0. The van der Waals surface area contributed by atoms with Gasteiger partial charge in [-0.1, -0.05) is 19.0 Å². The van der Waals surface area contributed by atoms with E-state index in [0.29, 0.717) is 5.92 Å². The summed E-state index contributed by atoms with van der Waals surface area (Å²) in [6.45, 7) is 4.97. The number of hydrogen-bond donors (Lipinski definition) is 4. The van der Waals surface area contributed by atoms with Crippen molar-refractivity contribution in [2.45, 2.75) is 32.7 Å². The first-order valence-electron chi connectivity index (χ1n) is 4.97. The van der Waals surface area contributed by atoms with Crippen LogP contribution in [-0.4, -0.2) is 35.3 Å². The molecule has 0 heterocycles. The highest BCUT2D eigenvalue weighted by atomic mass is 16.4. The molecular weight excluding hydrogens is 182 g/mol. The van der Waals surface area contributed by atoms with Crippen LogP contribution < -0.4 is 11.1 Å². The van der Waals surface area contributed by atoms with Crippen molar-refractivity contribution in [3.63, 3.8) is 0 Å². The lowest BCUT2D eigenvalue weighted by Gasteiger charge is -2.18. The molecule has 0 fully saturated rings. The van der Waals surface area contributed by atoms with Crippen molar-refractivity contribution < 1.29 is 10.3 Å². The number of oxime groups is 1. The third-order valence-electron chi connectivity index (χ3n) is 2.22. The summed E-state index contributed by atoms with van der Waals surface area (Å²) in [6, 6.07) is -0.0823. The quantitative estimate of drug-likeness (QED) is 0.205. The van der Waals surface area contributed by atoms with E-state index in [4.69, 9.17) is 16.0 Å². The van der Waals surface area contributed by atoms with Crippen LogP contribution in [-0.2, 0) is 0 Å². The van der Waals surface area contributed by atoms with Gasteiger partial charge in [0.15, 0.2) is 5.84 Å². The monoisotopic (exact) mass is 203 g/mol. The third-order valence-corrected chi connectivity index (χ3v) is 2.22. The fraction of sp³-hybridized carbons (Fsp3) is 0.889. The van der Waals surface area contributed by atoms with Gasteiger partial charge in [0.05, 0.1) is 6.04 Å². The Kier molecular flexibility index (Phi) is 7.14. The van der Waals surface area contributed by atoms with Gasteiger partial charge in [0.25, 0.3) is 0 Å². The molecule has 0 rings (SSSR count). The number of aliphatic hydroxyl groups is 1. The summed E-state index contributed by atoms with van der Waals surface area (Å²) in [5.41, 5.74) is 5.48. The van der Waals surface area contributed by atoms with Crippen LogP contribution in [0.4, 0.5) is 0 Å². The van der Waals surface area contributed by atoms with Crippen molar-refractivity contribution in [3.05, 3.63) is 0 Å². The topological polar surface area (TPSA) is 90.9 Å². The molecule has 0 aromatic rings. The first-order chi connectivity index (χ1) is 6.65. The zero-order valence-electron chi connectivity index (χ0n) is 8.90. The van der Waals surface area contributed by atoms with Crippen LogP contribution >= 0.6 is 0 Å². The number of aliphatic hydroxyl groups excluding tert-OH is 1. The summed E-state index contributed by atoms with van der Waals surface area (Å²) in [5.74, 6) is 0.601. The van der Waals surface area contributed by atoms with Gasteiger partial charge in [-0.25, -0.2) is 0 Å². The maximum absolute atomic E-state index is 8.70. The molecule has 14 heavy (non-hydrogen) atoms. The van der Waals surface area contributed by atoms with Crippen molar-refractivity contribution in [1.82, 2.24) is 5.32 Å². The molecule has 0 bridgehead atoms. The van der Waals surface area contributed by atoms with E-state index < -0.39 is 0 Å². The van der Waals surface area contributed by atoms with Crippen LogP contribution in [0.25, 0.3) is 0 Å². The number of nitrogens with two attached hydrogens (primary N) is 1. The largest absolute Gasteiger partial charge is 0.409 e. The third kappa shape index (κ3) is 5.04. The molecule has 0 aromatic carbocycles. The summed E-state index contributed by atoms with van der Waals surface area (Å²) < 4.78 is 0. The van der Waals surface area contributed by atoms with Gasteiger partial charge in [0.2, 0.25) is 0 Å². The van der Waals surface area contributed by atoms with Crippen LogP contribution in [0.5, 0.6) is 0 Å². The van der Waals surface area contributed by atoms with E-state index in [-0.39, 0.29) is 18.5 Å². The highest BCUT2D eigenvalue weighted by Crippen LogP contribution is 2.00. The van der Waals surface area contributed by atoms with E-state index in [1.807, 2.05) is 13.8 Å². The molecule has 2 unspecified atom stereocenters. The molecule has 5 nitrogen and oxygen atoms in total. The Balaban J connectivity index is 3.84. The second-order valence-electron chi connectivity index (χ2n) is 3.51. The van der Waals surface area contributed by atoms with Crippen LogP contribution in [0.2, 0.25) is 0 Å². The zero-order chi connectivity index (χ0) is 11.0. The molecule has 0 aliphatic rings. The average molecular weight is 203 g/mol. The highest BCUT2D eigenvalue weighted by molar-refractivity contribution is 5.85. The first-order valence-corrected chi connectivity index (χ1v) is 4.97. The summed E-state index contributed by atoms with van der Waals surface area (Å²) in [4.78, 5) is 0. The molecule has 0 amide bonds. The lowest BCUT2D eigenvalue weighted by molar-refractivity contribution is 0.258. The summed E-state index contributed by atoms with van der Waals surface area (Å²) in [6.07, 6.45) is 1.54. The summed E-state index contributed by atoms with van der Waals surface area (Å²) in [5, 5.41) is 23.3. The molecule has 0 saturated heterocycles. The Bertz CT molecular complexity index is 173. The van der Waals surface area contributed by atoms with Crippen molar-refractivity contribution >= 4 is 5.84 Å². The van der Waals surface area contributed by atoms with E-state index >= 15 is 0 Å². The Labute approximate surface area is 85.0 Å². The first kappa shape index (κ1) is 13.2. The Morgan fingerprint density at radius 2 is 2.21 bits per heavy atom. The van der Waals surface area contributed by atoms with Crippen LogP contribution in [0.1, 0.15) is 26.7 Å². The molecule has 0 aliphatic heterocycles. The molecule has 0 spiro atoms. The molecule has 0 aromatic heterocycles. The highest BCUT2D eigenvalue weighted by Gasteiger charge is 2.11. The molecule has 0 saturated carbocycles. The van der Waals surface area contributed by atoms with E-state index in [0.717, 1.165) is 19.4 Å². The predicted molar refractivity (Wildman–Crippen MR) is 56.4 cm³/mol. The number of amidine groups is 1. The second kappa shape index (κ2) is 7.58. The lowest BCUT2D eigenvalue weighted by Crippen LogP contribution is -2.42. The van der Waals surface area contributed by atoms with Gasteiger partial charge in [-0.2, -0.15) is 0 Å². The van der Waals surface area contributed by atoms with Gasteiger partial charge in [0, 0.05) is 6.61 Å². The molecule has 0 aliphatic carbocycles. The van der Waals surface area contributed by atoms with Crippen LogP contribution in [0.3, 0.4) is 0 Å². The van der Waals surface area contributed by atoms with E-state index in [9.17, 15) is 0 Å². The van der Waals surface area contributed by atoms with E-state index in [1.165, 1.54) is 0 Å². The van der Waals surface area contributed by atoms with Crippen molar-refractivity contribution in [1.29, 1.82) is 0 Å². The van der Waals surface area contributed by atoms with Gasteiger partial charge < -0.3 is 21.4 Å². The van der Waals surface area contributed by atoms with Gasteiger partial charge in [-0.15, -0.1) is 0 Å². The fourth-order valence-corrected chi connectivity index (χ4v) is 1.19. The van der Waals surface area contributed by atoms with Gasteiger partial charge >= 0.3 is 0 Å². The number of nitrogens with one attached hydrogen (secondary N) is 1. The second-order valence-corrected chi connectivity index (χ2v) is 3.51. The normalized spacial score (nSPS) is 16.6.